The van der Waals surface area contributed by atoms with E-state index in [9.17, 15) is 14.4 Å². The lowest BCUT2D eigenvalue weighted by Gasteiger charge is -2.26. The zero-order valence-electron chi connectivity index (χ0n) is 16.9. The molecular weight excluding hydrogens is 382 g/mol. The fourth-order valence-corrected chi connectivity index (χ4v) is 3.63. The Labute approximate surface area is 173 Å². The van der Waals surface area contributed by atoms with Gasteiger partial charge in [0.25, 0.3) is 11.8 Å². The Kier molecular flexibility index (Phi) is 4.87. The lowest BCUT2D eigenvalue weighted by atomic mass is 10.0. The largest absolute Gasteiger partial charge is 0.494 e. The van der Waals surface area contributed by atoms with Crippen molar-refractivity contribution in [2.24, 2.45) is 7.05 Å². The SMILES string of the molecule is CCOc1ccc(N2C(=O)NC(=O)C(=Cc3c(C)n(C)c4ccccc34)C2=O)cc1. The number of fused-ring (bicyclic) bond motifs is 1. The molecule has 1 aliphatic rings. The van der Waals surface area contributed by atoms with E-state index in [4.69, 9.17) is 4.74 Å². The average molecular weight is 403 g/mol. The number of urea groups is 1. The first kappa shape index (κ1) is 19.4. The molecule has 1 saturated heterocycles. The van der Waals surface area contributed by atoms with Crippen molar-refractivity contribution in [3.63, 3.8) is 0 Å². The first-order valence-electron chi connectivity index (χ1n) is 9.60. The average Bonchev–Trinajstić information content (AvgIpc) is 2.97. The molecule has 3 aromatic rings. The van der Waals surface area contributed by atoms with E-state index < -0.39 is 17.8 Å². The van der Waals surface area contributed by atoms with Gasteiger partial charge in [-0.3, -0.25) is 14.9 Å². The lowest BCUT2D eigenvalue weighted by molar-refractivity contribution is -0.122. The second kappa shape index (κ2) is 7.51. The van der Waals surface area contributed by atoms with Crippen LogP contribution in [0, 0.1) is 6.92 Å². The van der Waals surface area contributed by atoms with Crippen LogP contribution in [-0.4, -0.2) is 29.0 Å². The number of amides is 4. The van der Waals surface area contributed by atoms with Gasteiger partial charge in [-0.25, -0.2) is 9.69 Å². The molecule has 152 valence electrons. The molecule has 0 bridgehead atoms. The molecule has 1 fully saturated rings. The van der Waals surface area contributed by atoms with Crippen LogP contribution in [0.1, 0.15) is 18.2 Å². The lowest BCUT2D eigenvalue weighted by Crippen LogP contribution is -2.54. The molecule has 2 heterocycles. The van der Waals surface area contributed by atoms with E-state index in [0.29, 0.717) is 18.0 Å². The van der Waals surface area contributed by atoms with E-state index in [0.717, 1.165) is 27.1 Å². The Hall–Kier alpha value is -3.87. The molecule has 1 aliphatic heterocycles. The van der Waals surface area contributed by atoms with Crippen LogP contribution in [0.3, 0.4) is 0 Å². The van der Waals surface area contributed by atoms with E-state index >= 15 is 0 Å². The summed E-state index contributed by atoms with van der Waals surface area (Å²) in [5.41, 5.74) is 2.93. The number of nitrogens with zero attached hydrogens (tertiary/aromatic N) is 2. The number of hydrogen-bond acceptors (Lipinski definition) is 4. The minimum Gasteiger partial charge on any atom is -0.494 e. The van der Waals surface area contributed by atoms with Crippen LogP contribution in [0.4, 0.5) is 10.5 Å². The van der Waals surface area contributed by atoms with Crippen molar-refractivity contribution in [2.45, 2.75) is 13.8 Å². The van der Waals surface area contributed by atoms with Gasteiger partial charge >= 0.3 is 6.03 Å². The summed E-state index contributed by atoms with van der Waals surface area (Å²) in [5.74, 6) is -0.746. The van der Waals surface area contributed by atoms with E-state index in [1.165, 1.54) is 0 Å². The van der Waals surface area contributed by atoms with Gasteiger partial charge in [-0.1, -0.05) is 18.2 Å². The minimum absolute atomic E-state index is 0.0945. The van der Waals surface area contributed by atoms with Crippen LogP contribution < -0.4 is 15.0 Å². The molecule has 0 unspecified atom stereocenters. The molecule has 0 spiro atoms. The highest BCUT2D eigenvalue weighted by atomic mass is 16.5. The predicted octanol–water partition coefficient (Wildman–Crippen LogP) is 3.55. The molecule has 0 atom stereocenters. The summed E-state index contributed by atoms with van der Waals surface area (Å²) in [6, 6.07) is 13.5. The van der Waals surface area contributed by atoms with Crippen molar-refractivity contribution in [1.29, 1.82) is 0 Å². The first-order chi connectivity index (χ1) is 14.4. The summed E-state index contributed by atoms with van der Waals surface area (Å²) in [7, 11) is 1.93. The molecule has 0 aliphatic carbocycles. The second-order valence-electron chi connectivity index (χ2n) is 6.96. The quantitative estimate of drug-likeness (QED) is 0.534. The summed E-state index contributed by atoms with van der Waals surface area (Å²) < 4.78 is 7.41. The normalized spacial score (nSPS) is 15.8. The van der Waals surface area contributed by atoms with Crippen molar-refractivity contribution >= 4 is 40.5 Å². The Morgan fingerprint density at radius 2 is 1.73 bits per heavy atom. The molecular formula is C23H21N3O4. The van der Waals surface area contributed by atoms with Crippen molar-refractivity contribution in [3.8, 4) is 5.75 Å². The molecule has 0 saturated carbocycles. The third-order valence-electron chi connectivity index (χ3n) is 5.24. The van der Waals surface area contributed by atoms with Gasteiger partial charge in [-0.05, 0) is 50.3 Å². The number of imide groups is 2. The zero-order chi connectivity index (χ0) is 21.4. The predicted molar refractivity (Wildman–Crippen MR) is 114 cm³/mol. The van der Waals surface area contributed by atoms with E-state index in [2.05, 4.69) is 5.32 Å². The van der Waals surface area contributed by atoms with Crippen molar-refractivity contribution in [3.05, 3.63) is 65.4 Å². The summed E-state index contributed by atoms with van der Waals surface area (Å²) in [5, 5.41) is 3.19. The van der Waals surface area contributed by atoms with Crippen LogP contribution in [-0.2, 0) is 16.6 Å². The van der Waals surface area contributed by atoms with Crippen LogP contribution in [0.15, 0.2) is 54.1 Å². The van der Waals surface area contributed by atoms with Gasteiger partial charge in [0.2, 0.25) is 0 Å². The summed E-state index contributed by atoms with van der Waals surface area (Å²) in [6.45, 7) is 4.30. The highest BCUT2D eigenvalue weighted by Gasteiger charge is 2.37. The maximum Gasteiger partial charge on any atom is 0.335 e. The summed E-state index contributed by atoms with van der Waals surface area (Å²) in [6.07, 6.45) is 1.56. The second-order valence-corrected chi connectivity index (χ2v) is 6.96. The van der Waals surface area contributed by atoms with Crippen molar-refractivity contribution in [2.75, 3.05) is 11.5 Å². The fourth-order valence-electron chi connectivity index (χ4n) is 3.63. The van der Waals surface area contributed by atoms with Gasteiger partial charge in [0.15, 0.2) is 0 Å². The van der Waals surface area contributed by atoms with Crippen LogP contribution in [0.5, 0.6) is 5.75 Å². The van der Waals surface area contributed by atoms with Gasteiger partial charge in [0, 0.05) is 29.2 Å². The molecule has 30 heavy (non-hydrogen) atoms. The summed E-state index contributed by atoms with van der Waals surface area (Å²) >= 11 is 0. The highest BCUT2D eigenvalue weighted by Crippen LogP contribution is 2.29. The number of barbiturate groups is 1. The fraction of sp³-hybridized carbons (Fsp3) is 0.174. The Morgan fingerprint density at radius 3 is 2.43 bits per heavy atom. The number of carbonyl (C=O) groups excluding carboxylic acids is 3. The van der Waals surface area contributed by atoms with Crippen LogP contribution >= 0.6 is 0 Å². The Balaban J connectivity index is 1.77. The minimum atomic E-state index is -0.777. The third kappa shape index (κ3) is 3.14. The van der Waals surface area contributed by atoms with Crippen LogP contribution in [0.2, 0.25) is 0 Å². The monoisotopic (exact) mass is 403 g/mol. The molecule has 7 nitrogen and oxygen atoms in total. The Bertz CT molecular complexity index is 1210. The standard InChI is InChI=1S/C23H21N3O4/c1-4-30-16-11-9-15(10-12-16)26-22(28)19(21(27)24-23(26)29)13-18-14(2)25(3)20-8-6-5-7-17(18)20/h5-13H,4H2,1-3H3,(H,24,27,29). The highest BCUT2D eigenvalue weighted by molar-refractivity contribution is 6.39. The van der Waals surface area contributed by atoms with Crippen LogP contribution in [0.25, 0.3) is 17.0 Å². The number of ether oxygens (including phenoxy) is 1. The van der Waals surface area contributed by atoms with Gasteiger partial charge in [-0.15, -0.1) is 0 Å². The van der Waals surface area contributed by atoms with Gasteiger partial charge in [0.05, 0.1) is 12.3 Å². The molecule has 1 aromatic heterocycles. The van der Waals surface area contributed by atoms with E-state index in [-0.39, 0.29) is 5.57 Å². The molecule has 0 radical (unpaired) electrons. The first-order valence-corrected chi connectivity index (χ1v) is 9.60. The van der Waals surface area contributed by atoms with E-state index in [1.807, 2.05) is 49.7 Å². The third-order valence-corrected chi connectivity index (χ3v) is 5.24. The topological polar surface area (TPSA) is 80.6 Å². The number of carbonyl (C=O) groups is 3. The zero-order valence-corrected chi connectivity index (χ0v) is 16.9. The maximum absolute atomic E-state index is 13.2. The Morgan fingerprint density at radius 1 is 1.03 bits per heavy atom. The number of hydrogen-bond donors (Lipinski definition) is 1. The maximum atomic E-state index is 13.2. The number of benzene rings is 2. The number of nitrogens with one attached hydrogen (secondary N) is 1. The van der Waals surface area contributed by atoms with Gasteiger partial charge < -0.3 is 9.30 Å². The van der Waals surface area contributed by atoms with Gasteiger partial charge in [-0.2, -0.15) is 0 Å². The van der Waals surface area contributed by atoms with Crippen molar-refractivity contribution < 1.29 is 19.1 Å². The molecule has 4 rings (SSSR count). The molecule has 1 N–H and O–H groups in total. The smallest absolute Gasteiger partial charge is 0.335 e. The van der Waals surface area contributed by atoms with E-state index in [1.54, 1.807) is 30.3 Å². The number of para-hydroxylation sites is 1. The number of anilines is 1. The molecule has 4 amide bonds. The molecule has 2 aromatic carbocycles. The molecule has 7 heteroatoms. The summed E-state index contributed by atoms with van der Waals surface area (Å²) in [4.78, 5) is 39.0. The number of rotatable bonds is 4. The van der Waals surface area contributed by atoms with Crippen molar-refractivity contribution in [1.82, 2.24) is 9.88 Å². The number of aromatic nitrogens is 1. The van der Waals surface area contributed by atoms with Gasteiger partial charge in [0.1, 0.15) is 11.3 Å². The number of aryl methyl sites for hydroxylation is 1.